The van der Waals surface area contributed by atoms with Gasteiger partial charge >= 0.3 is 0 Å². The van der Waals surface area contributed by atoms with Crippen molar-refractivity contribution in [2.75, 3.05) is 20.1 Å². The maximum absolute atomic E-state index is 12.9. The van der Waals surface area contributed by atoms with Crippen LogP contribution >= 0.6 is 0 Å². The van der Waals surface area contributed by atoms with Gasteiger partial charge in [0.25, 0.3) is 0 Å². The number of aromatic amines is 1. The second-order valence-corrected chi connectivity index (χ2v) is 8.05. The van der Waals surface area contributed by atoms with Crippen molar-refractivity contribution in [3.05, 3.63) is 52.2 Å². The molecule has 164 valence electrons. The standard InChI is InChI=1S/C22H21N5O5/c1-27-7-6-13(17(31)10-27)19-14(28)8-15(29)20-16(30)9-18(32-21(19)20)11-2-4-12(5-3-11)22-23-25-26-24-22/h2-5,8-9,13,17,28-29,31H,6-7,10H2,1H3,(H,23,24,25,26)/t13-,17+/m0/s1. The molecule has 0 spiro atoms. The number of hydrogen-bond donors (Lipinski definition) is 4. The molecule has 10 heteroatoms. The van der Waals surface area contributed by atoms with Crippen molar-refractivity contribution in [3.63, 3.8) is 0 Å². The number of nitrogens with one attached hydrogen (secondary N) is 1. The molecule has 2 aromatic carbocycles. The number of phenolic OH excluding ortho intramolecular Hbond substituents is 2. The molecule has 0 bridgehead atoms. The van der Waals surface area contributed by atoms with Gasteiger partial charge in [-0.3, -0.25) is 4.79 Å². The molecule has 2 aromatic heterocycles. The summed E-state index contributed by atoms with van der Waals surface area (Å²) in [6.45, 7) is 1.14. The molecule has 3 heterocycles. The number of likely N-dealkylation sites (N-methyl/N-ethyl adjacent to an activating group) is 1. The van der Waals surface area contributed by atoms with E-state index in [2.05, 4.69) is 20.6 Å². The highest BCUT2D eigenvalue weighted by atomic mass is 16.3. The SMILES string of the molecule is CN1CC[C@H](c2c(O)cc(O)c3c(=O)cc(-c4ccc(-c5nn[nH]n5)cc4)oc23)[C@H](O)C1. The van der Waals surface area contributed by atoms with Crippen LogP contribution < -0.4 is 5.43 Å². The van der Waals surface area contributed by atoms with Crippen LogP contribution in [0, 0.1) is 0 Å². The molecular weight excluding hydrogens is 414 g/mol. The van der Waals surface area contributed by atoms with Gasteiger partial charge in [-0.1, -0.05) is 24.3 Å². The number of nitrogens with zero attached hydrogens (tertiary/aromatic N) is 4. The van der Waals surface area contributed by atoms with E-state index in [-0.39, 0.29) is 28.2 Å². The normalized spacial score (nSPS) is 19.4. The van der Waals surface area contributed by atoms with E-state index in [1.807, 2.05) is 11.9 Å². The highest BCUT2D eigenvalue weighted by Crippen LogP contribution is 2.42. The van der Waals surface area contributed by atoms with Crippen molar-refractivity contribution in [1.29, 1.82) is 0 Å². The smallest absolute Gasteiger partial charge is 0.204 e. The Balaban J connectivity index is 1.65. The van der Waals surface area contributed by atoms with Crippen LogP contribution in [0.2, 0.25) is 0 Å². The minimum absolute atomic E-state index is 0.0175. The summed E-state index contributed by atoms with van der Waals surface area (Å²) in [5.41, 5.74) is 1.33. The van der Waals surface area contributed by atoms with Crippen LogP contribution in [-0.2, 0) is 0 Å². The van der Waals surface area contributed by atoms with E-state index in [1.165, 1.54) is 6.07 Å². The summed E-state index contributed by atoms with van der Waals surface area (Å²) >= 11 is 0. The first-order valence-corrected chi connectivity index (χ1v) is 10.2. The zero-order valence-corrected chi connectivity index (χ0v) is 17.2. The van der Waals surface area contributed by atoms with Crippen LogP contribution in [0.15, 0.2) is 45.6 Å². The Hall–Kier alpha value is -3.76. The lowest BCUT2D eigenvalue weighted by molar-refractivity contribution is 0.0630. The Morgan fingerprint density at radius 3 is 2.56 bits per heavy atom. The highest BCUT2D eigenvalue weighted by Gasteiger charge is 2.33. The van der Waals surface area contributed by atoms with Gasteiger partial charge in [0.15, 0.2) is 5.43 Å². The topological polar surface area (TPSA) is 149 Å². The third-order valence-electron chi connectivity index (χ3n) is 5.93. The molecule has 0 unspecified atom stereocenters. The Labute approximate surface area is 181 Å². The van der Waals surface area contributed by atoms with Gasteiger partial charge in [-0.2, -0.15) is 5.21 Å². The van der Waals surface area contributed by atoms with E-state index in [9.17, 15) is 20.1 Å². The van der Waals surface area contributed by atoms with E-state index < -0.39 is 17.5 Å². The minimum Gasteiger partial charge on any atom is -0.507 e. The number of fused-ring (bicyclic) bond motifs is 1. The van der Waals surface area contributed by atoms with Gasteiger partial charge in [-0.15, -0.1) is 10.2 Å². The molecule has 1 aliphatic rings. The molecule has 0 saturated carbocycles. The maximum atomic E-state index is 12.9. The van der Waals surface area contributed by atoms with Crippen LogP contribution in [0.4, 0.5) is 0 Å². The third kappa shape index (κ3) is 3.39. The Kier molecular flexibility index (Phi) is 4.87. The predicted molar refractivity (Wildman–Crippen MR) is 115 cm³/mol. The van der Waals surface area contributed by atoms with Gasteiger partial charge < -0.3 is 24.6 Å². The summed E-state index contributed by atoms with van der Waals surface area (Å²) in [6, 6.07) is 9.49. The van der Waals surface area contributed by atoms with Crippen LogP contribution in [-0.4, -0.2) is 67.1 Å². The molecular formula is C22H21N5O5. The molecule has 4 N–H and O–H groups in total. The fourth-order valence-corrected chi connectivity index (χ4v) is 4.32. The Morgan fingerprint density at radius 1 is 1.12 bits per heavy atom. The number of rotatable bonds is 3. The molecule has 0 radical (unpaired) electrons. The number of hydrogen-bond acceptors (Lipinski definition) is 9. The van der Waals surface area contributed by atoms with Gasteiger partial charge in [0.05, 0.1) is 6.10 Å². The second kappa shape index (κ2) is 7.74. The van der Waals surface area contributed by atoms with Crippen molar-refractivity contribution in [1.82, 2.24) is 25.5 Å². The van der Waals surface area contributed by atoms with Crippen LogP contribution in [0.1, 0.15) is 17.9 Å². The number of tetrazole rings is 1. The summed E-state index contributed by atoms with van der Waals surface area (Å²) in [5.74, 6) is -0.304. The van der Waals surface area contributed by atoms with E-state index in [0.717, 1.165) is 11.6 Å². The van der Waals surface area contributed by atoms with Crippen molar-refractivity contribution < 1.29 is 19.7 Å². The fourth-order valence-electron chi connectivity index (χ4n) is 4.32. The van der Waals surface area contributed by atoms with Gasteiger partial charge in [-0.05, 0) is 25.2 Å². The van der Waals surface area contributed by atoms with Crippen molar-refractivity contribution in [3.8, 4) is 34.2 Å². The summed E-state index contributed by atoms with van der Waals surface area (Å²) in [5, 5.41) is 45.5. The van der Waals surface area contributed by atoms with Crippen LogP contribution in [0.3, 0.4) is 0 Å². The number of aromatic nitrogens is 4. The summed E-state index contributed by atoms with van der Waals surface area (Å²) in [4.78, 5) is 14.9. The second-order valence-electron chi connectivity index (χ2n) is 8.05. The van der Waals surface area contributed by atoms with Crippen molar-refractivity contribution in [2.45, 2.75) is 18.4 Å². The molecule has 0 aliphatic carbocycles. The lowest BCUT2D eigenvalue weighted by Crippen LogP contribution is -2.40. The number of H-pyrrole nitrogens is 1. The molecule has 0 amide bonds. The zero-order valence-electron chi connectivity index (χ0n) is 17.2. The predicted octanol–water partition coefficient (Wildman–Crippen LogP) is 1.83. The number of aliphatic hydroxyl groups excluding tert-OH is 1. The number of aliphatic hydroxyl groups is 1. The monoisotopic (exact) mass is 435 g/mol. The lowest BCUT2D eigenvalue weighted by Gasteiger charge is -2.34. The van der Waals surface area contributed by atoms with E-state index in [4.69, 9.17) is 4.42 Å². The zero-order chi connectivity index (χ0) is 22.4. The molecule has 32 heavy (non-hydrogen) atoms. The van der Waals surface area contributed by atoms with Gasteiger partial charge in [0, 0.05) is 41.3 Å². The number of β-amino-alcohol motifs (C(OH)–C–C–N with tert-alkyl or cyclic N) is 1. The molecule has 1 fully saturated rings. The fraction of sp³-hybridized carbons (Fsp3) is 0.273. The quantitative estimate of drug-likeness (QED) is 0.378. The van der Waals surface area contributed by atoms with Gasteiger partial charge in [0.1, 0.15) is 28.2 Å². The Bertz CT molecular complexity index is 1330. The molecule has 1 aliphatic heterocycles. The van der Waals surface area contributed by atoms with Crippen LogP contribution in [0.25, 0.3) is 33.7 Å². The number of piperidine rings is 1. The van der Waals surface area contributed by atoms with Crippen molar-refractivity contribution >= 4 is 11.0 Å². The first-order valence-electron chi connectivity index (χ1n) is 10.2. The molecule has 4 aromatic rings. The summed E-state index contributed by atoms with van der Waals surface area (Å²) in [7, 11) is 1.91. The van der Waals surface area contributed by atoms with E-state index in [0.29, 0.717) is 36.5 Å². The van der Waals surface area contributed by atoms with E-state index >= 15 is 0 Å². The minimum atomic E-state index is -0.754. The highest BCUT2D eigenvalue weighted by molar-refractivity contribution is 5.89. The van der Waals surface area contributed by atoms with Crippen LogP contribution in [0.5, 0.6) is 11.5 Å². The third-order valence-corrected chi connectivity index (χ3v) is 5.93. The number of aromatic hydroxyl groups is 2. The number of likely N-dealkylation sites (tertiary alicyclic amines) is 1. The first-order chi connectivity index (χ1) is 15.4. The van der Waals surface area contributed by atoms with Crippen molar-refractivity contribution in [2.24, 2.45) is 0 Å². The van der Waals surface area contributed by atoms with Gasteiger partial charge in [0.2, 0.25) is 5.82 Å². The average molecular weight is 435 g/mol. The largest absolute Gasteiger partial charge is 0.507 e. The number of phenols is 2. The molecule has 5 rings (SSSR count). The van der Waals surface area contributed by atoms with Gasteiger partial charge in [-0.25, -0.2) is 0 Å². The number of benzene rings is 2. The molecule has 2 atom stereocenters. The summed E-state index contributed by atoms with van der Waals surface area (Å²) in [6.07, 6.45) is -0.186. The Morgan fingerprint density at radius 2 is 1.88 bits per heavy atom. The summed E-state index contributed by atoms with van der Waals surface area (Å²) < 4.78 is 6.09. The van der Waals surface area contributed by atoms with E-state index in [1.54, 1.807) is 24.3 Å². The maximum Gasteiger partial charge on any atom is 0.204 e. The lowest BCUT2D eigenvalue weighted by atomic mass is 9.85. The first kappa shape index (κ1) is 20.2. The molecule has 1 saturated heterocycles. The molecule has 10 nitrogen and oxygen atoms in total. The average Bonchev–Trinajstić information content (AvgIpc) is 3.29.